The van der Waals surface area contributed by atoms with Gasteiger partial charge in [-0.3, -0.25) is 47.9 Å². The fourth-order valence-electron chi connectivity index (χ4n) is 7.81. The normalized spacial score (nSPS) is 12.9. The Balaban J connectivity index is 1.87. The second-order valence-corrected chi connectivity index (χ2v) is 19.4. The van der Waals surface area contributed by atoms with E-state index in [1.54, 1.807) is 52.0 Å². The van der Waals surface area contributed by atoms with Gasteiger partial charge in [0.15, 0.2) is 2.74 Å². The van der Waals surface area contributed by atoms with Crippen LogP contribution in [0.3, 0.4) is 0 Å². The average molecular weight is 1130 g/mol. The molecule has 26 nitrogen and oxygen atoms in total. The minimum absolute atomic E-state index is 0.0240. The number of nitrogens with two attached hydrogens (primary N) is 2. The van der Waals surface area contributed by atoms with E-state index in [1.165, 1.54) is 36.4 Å². The van der Waals surface area contributed by atoms with E-state index in [9.17, 15) is 57.5 Å². The van der Waals surface area contributed by atoms with Crippen molar-refractivity contribution in [2.75, 3.05) is 30.3 Å². The Bertz CT molecular complexity index is 2720. The van der Waals surface area contributed by atoms with E-state index in [0.29, 0.717) is 16.7 Å². The first kappa shape index (κ1) is 62.7. The van der Waals surface area contributed by atoms with Crippen LogP contribution < -0.4 is 64.6 Å². The summed E-state index contributed by atoms with van der Waals surface area (Å²) in [6, 6.07) is 10.6. The minimum Gasteiger partial charge on any atom is -0.463 e. The molecule has 0 aliphatic heterocycles. The maximum Gasteiger partial charge on any atom is 0.312 e. The molecule has 14 N–H and O–H groups in total. The Morgan fingerprint density at radius 3 is 1.36 bits per heavy atom. The van der Waals surface area contributed by atoms with Crippen molar-refractivity contribution >= 4 is 83.6 Å². The molecule has 12 amide bonds. The van der Waals surface area contributed by atoms with E-state index >= 15 is 0 Å². The van der Waals surface area contributed by atoms with E-state index in [1.807, 2.05) is 19.1 Å². The largest absolute Gasteiger partial charge is 0.463 e. The molecule has 440 valence electrons. The van der Waals surface area contributed by atoms with Gasteiger partial charge in [-0.1, -0.05) is 71.0 Å². The molecule has 0 aromatic heterocycles. The Morgan fingerprint density at radius 1 is 0.506 bits per heavy atom. The van der Waals surface area contributed by atoms with Gasteiger partial charge in [0.05, 0.1) is 6.42 Å². The van der Waals surface area contributed by atoms with Gasteiger partial charge in [0.1, 0.15) is 43.4 Å². The van der Waals surface area contributed by atoms with Crippen LogP contribution in [-0.2, 0) is 72.3 Å². The molecule has 26 heteroatoms. The highest BCUT2D eigenvalue weighted by molar-refractivity contribution is 6.01. The summed E-state index contributed by atoms with van der Waals surface area (Å²) >= 11 is 0. The van der Waals surface area contributed by atoms with Gasteiger partial charge >= 0.3 is 12.1 Å². The lowest BCUT2D eigenvalue weighted by molar-refractivity contribution is -0.136. The molecule has 3 rings (SSSR count). The second kappa shape index (κ2) is 35.4. The lowest BCUT2D eigenvalue weighted by Gasteiger charge is -2.28. The Kier molecular flexibility index (Phi) is 27.4. The molecule has 0 aliphatic rings. The molecule has 5 unspecified atom stereocenters. The minimum atomic E-state index is -1.69. The zero-order valence-corrected chi connectivity index (χ0v) is 46.0. The lowest BCUT2D eigenvalue weighted by atomic mass is 10.00. The number of ether oxygens (including phenoxy) is 2. The molecule has 0 saturated heterocycles. The molecule has 0 bridgehead atoms. The van der Waals surface area contributed by atoms with Gasteiger partial charge < -0.3 is 74.1 Å². The van der Waals surface area contributed by atoms with Crippen LogP contribution in [0.15, 0.2) is 72.8 Å². The number of carbonyl (C=O) groups is 12. The highest BCUT2D eigenvalue weighted by atomic mass is 16.5. The van der Waals surface area contributed by atoms with Crippen LogP contribution in [0.2, 0.25) is 0 Å². The third-order valence-corrected chi connectivity index (χ3v) is 12.3. The first-order valence-electron chi connectivity index (χ1n) is 27.3. The molecule has 3 aromatic rings. The molecule has 0 aliphatic carbocycles. The van der Waals surface area contributed by atoms with Crippen molar-refractivity contribution in [3.8, 4) is 0 Å². The van der Waals surface area contributed by atoms with Crippen LogP contribution in [0, 0.1) is 11.8 Å². The second-order valence-electron chi connectivity index (χ2n) is 19.4. The van der Waals surface area contributed by atoms with Crippen LogP contribution in [-0.4, -0.2) is 122 Å². The average Bonchev–Trinajstić information content (AvgIpc) is 3.45. The smallest absolute Gasteiger partial charge is 0.312 e. The summed E-state index contributed by atoms with van der Waals surface area (Å²) in [5.41, 5.74) is 13.5. The van der Waals surface area contributed by atoms with Gasteiger partial charge in [0, 0.05) is 43.0 Å². The van der Waals surface area contributed by atoms with E-state index in [0.717, 1.165) is 12.0 Å². The van der Waals surface area contributed by atoms with Crippen molar-refractivity contribution in [3.05, 3.63) is 95.1 Å². The number of hydrogen-bond acceptors (Lipinski definition) is 14. The highest BCUT2D eigenvalue weighted by Crippen LogP contribution is 2.16. The first-order valence-corrected chi connectivity index (χ1v) is 26.3. The topological polar surface area (TPSA) is 396 Å². The Hall–Kier alpha value is -9.10. The highest BCUT2D eigenvalue weighted by Gasteiger charge is 2.34. The monoisotopic (exact) mass is 1130 g/mol. The number of carbonyl (C=O) groups excluding carboxylic acids is 12. The number of urea groups is 2. The molecular formula is C55H76N12O14. The summed E-state index contributed by atoms with van der Waals surface area (Å²) in [5, 5.41) is 26.0. The fraction of sp³-hybridized carbons (Fsp3) is 0.455. The standard InChI is InChI=1S/C55H76N12O14/c1-6-35-13-19-38(20-14-35)48(72)58-25-9-12-44(70)63-43(51(75)67-47(34(4)5)53(77)65-42(11-8-27-60-55(57)79)50(74)62-40-23-17-37(18-24-40)30-81-32-69)28-45(71)66-46(33(2)3)52(76)64-41(10-7-26-59-54(56)78)49(73)61-39-21-15-36(16-22-39)29-80-31-68/h13-24,31-34,41-43,46-47H,6-12,25-30H2,1-5H3,(H,58,72)(H,61,73)(H,62,74)(H,63,70)(H,64,76)(H,65,77)(H,66,71)(H,67,75)(H3,56,59,78)(H3,57,60,79)/i31D,32D. The summed E-state index contributed by atoms with van der Waals surface area (Å²) in [4.78, 5) is 155. The number of benzene rings is 3. The summed E-state index contributed by atoms with van der Waals surface area (Å²) < 4.78 is 23.3. The maximum absolute atomic E-state index is 14.4. The number of nitrogens with one attached hydrogen (secondary N) is 10. The number of amides is 12. The maximum atomic E-state index is 14.4. The van der Waals surface area contributed by atoms with E-state index in [-0.39, 0.29) is 88.7 Å². The number of hydrogen-bond donors (Lipinski definition) is 12. The third-order valence-electron chi connectivity index (χ3n) is 12.3. The van der Waals surface area contributed by atoms with Crippen LogP contribution in [0.4, 0.5) is 21.0 Å². The summed E-state index contributed by atoms with van der Waals surface area (Å²) in [6.07, 6.45) is -2.34. The predicted octanol–water partition coefficient (Wildman–Crippen LogP) is 1.41. The van der Waals surface area contributed by atoms with Crippen LogP contribution in [0.1, 0.15) is 109 Å². The summed E-state index contributed by atoms with van der Waals surface area (Å²) in [6.45, 7) is 8.12. The van der Waals surface area contributed by atoms with Gasteiger partial charge in [-0.05, 0) is 103 Å². The van der Waals surface area contributed by atoms with Crippen molar-refractivity contribution in [2.45, 2.75) is 129 Å². The van der Waals surface area contributed by atoms with E-state index in [4.69, 9.17) is 14.2 Å². The fourth-order valence-corrected chi connectivity index (χ4v) is 7.81. The molecule has 5 atom stereocenters. The Labute approximate surface area is 472 Å². The predicted molar refractivity (Wildman–Crippen MR) is 297 cm³/mol. The number of aryl methyl sites for hydroxylation is 1. The lowest BCUT2D eigenvalue weighted by Crippen LogP contribution is -2.59. The van der Waals surface area contributed by atoms with Gasteiger partial charge in [0.2, 0.25) is 41.4 Å². The molecule has 0 spiro atoms. The van der Waals surface area contributed by atoms with Crippen molar-refractivity contribution in [3.63, 3.8) is 0 Å². The number of primary amides is 2. The van der Waals surface area contributed by atoms with E-state index in [2.05, 4.69) is 62.6 Å². The number of anilines is 2. The number of rotatable bonds is 34. The SMILES string of the molecule is [2H]C(=O)OCc1ccc(NC(=O)C(CCCNC(N)=O)NC(=O)C(NC(=O)CC(NC(=O)CCCNC(=O)c2ccc(CC)cc2)C(=O)NC(C(=O)NC(CCCNC(N)=O)C(=O)Nc2ccc(COC([2H])=O)cc2)C(C)C)C(C)C)cc1. The molecule has 0 fully saturated rings. The van der Waals surface area contributed by atoms with Gasteiger partial charge in [-0.15, -0.1) is 0 Å². The van der Waals surface area contributed by atoms with E-state index < -0.39 is 115 Å². The zero-order chi connectivity index (χ0) is 61.6. The van der Waals surface area contributed by atoms with Crippen LogP contribution >= 0.6 is 0 Å². The Morgan fingerprint density at radius 2 is 0.938 bits per heavy atom. The summed E-state index contributed by atoms with van der Waals surface area (Å²) in [5.74, 6) is -7.38. The van der Waals surface area contributed by atoms with Gasteiger partial charge in [0.25, 0.3) is 18.8 Å². The first-order chi connectivity index (χ1) is 39.3. The zero-order valence-electron chi connectivity index (χ0n) is 48.0. The van der Waals surface area contributed by atoms with Gasteiger partial charge in [-0.25, -0.2) is 9.59 Å². The van der Waals surface area contributed by atoms with Crippen molar-refractivity contribution < 1.29 is 69.7 Å². The van der Waals surface area contributed by atoms with Crippen molar-refractivity contribution in [2.24, 2.45) is 23.3 Å². The summed E-state index contributed by atoms with van der Waals surface area (Å²) in [7, 11) is 0. The van der Waals surface area contributed by atoms with Crippen LogP contribution in [0.5, 0.6) is 0 Å². The van der Waals surface area contributed by atoms with Crippen LogP contribution in [0.25, 0.3) is 0 Å². The molecule has 0 saturated carbocycles. The molecule has 3 aromatic carbocycles. The quantitative estimate of drug-likeness (QED) is 0.0297. The molecule has 81 heavy (non-hydrogen) atoms. The molecule has 0 heterocycles. The van der Waals surface area contributed by atoms with Crippen molar-refractivity contribution in [1.29, 1.82) is 0 Å². The van der Waals surface area contributed by atoms with Crippen molar-refractivity contribution in [1.82, 2.24) is 42.5 Å². The third kappa shape index (κ3) is 25.1. The van der Waals surface area contributed by atoms with Gasteiger partial charge in [-0.2, -0.15) is 0 Å². The molecule has 0 radical (unpaired) electrons. The molecular weight excluding hydrogens is 1050 g/mol.